The number of nitrogens with two attached hydrogens (primary N) is 1. The van der Waals surface area contributed by atoms with E-state index in [0.717, 1.165) is 25.4 Å². The number of hydrogen-bond acceptors (Lipinski definition) is 3. The van der Waals surface area contributed by atoms with Crippen molar-refractivity contribution in [1.82, 2.24) is 4.90 Å². The van der Waals surface area contributed by atoms with Crippen LogP contribution < -0.4 is 10.5 Å². The van der Waals surface area contributed by atoms with Crippen molar-refractivity contribution in [2.75, 3.05) is 26.2 Å². The maximum absolute atomic E-state index is 13.4. The van der Waals surface area contributed by atoms with E-state index < -0.39 is 0 Å². The molecule has 1 aliphatic heterocycles. The summed E-state index contributed by atoms with van der Waals surface area (Å²) in [5, 5.41) is 0. The topological polar surface area (TPSA) is 38.5 Å². The van der Waals surface area contributed by atoms with Gasteiger partial charge in [0.2, 0.25) is 0 Å². The van der Waals surface area contributed by atoms with Crippen LogP contribution in [0.1, 0.15) is 19.8 Å². The van der Waals surface area contributed by atoms with E-state index in [1.165, 1.54) is 12.5 Å². The van der Waals surface area contributed by atoms with E-state index in [9.17, 15) is 4.39 Å². The van der Waals surface area contributed by atoms with Crippen molar-refractivity contribution in [3.8, 4) is 5.75 Å². The van der Waals surface area contributed by atoms with Crippen molar-refractivity contribution >= 4 is 0 Å². The lowest BCUT2D eigenvalue weighted by atomic mass is 9.92. The number of ether oxygens (including phenoxy) is 1. The second-order valence-corrected chi connectivity index (χ2v) is 5.33. The molecule has 0 aromatic heterocycles. The molecule has 1 heterocycles. The number of para-hydroxylation sites is 1. The van der Waals surface area contributed by atoms with Gasteiger partial charge in [0.25, 0.3) is 0 Å². The Labute approximate surface area is 114 Å². The van der Waals surface area contributed by atoms with Crippen LogP contribution in [0.3, 0.4) is 0 Å². The molecule has 2 unspecified atom stereocenters. The highest BCUT2D eigenvalue weighted by atomic mass is 19.1. The van der Waals surface area contributed by atoms with Gasteiger partial charge in [-0.1, -0.05) is 19.1 Å². The first kappa shape index (κ1) is 14.3. The summed E-state index contributed by atoms with van der Waals surface area (Å²) in [5.41, 5.74) is 5.82. The Hall–Kier alpha value is -1.13. The molecule has 1 saturated heterocycles. The third-order valence-electron chi connectivity index (χ3n) is 3.84. The number of halogens is 1. The van der Waals surface area contributed by atoms with Gasteiger partial charge in [-0.05, 0) is 37.4 Å². The number of rotatable bonds is 5. The fraction of sp³-hybridized carbons (Fsp3) is 0.600. The summed E-state index contributed by atoms with van der Waals surface area (Å²) >= 11 is 0. The maximum atomic E-state index is 13.4. The first-order valence-corrected chi connectivity index (χ1v) is 7.02. The van der Waals surface area contributed by atoms with Gasteiger partial charge in [-0.15, -0.1) is 0 Å². The van der Waals surface area contributed by atoms with Crippen molar-refractivity contribution in [1.29, 1.82) is 0 Å². The van der Waals surface area contributed by atoms with Crippen LogP contribution in [0.2, 0.25) is 0 Å². The van der Waals surface area contributed by atoms with Crippen molar-refractivity contribution in [2.24, 2.45) is 11.7 Å². The third-order valence-corrected chi connectivity index (χ3v) is 3.84. The second-order valence-electron chi connectivity index (χ2n) is 5.33. The van der Waals surface area contributed by atoms with Crippen LogP contribution >= 0.6 is 0 Å². The molecule has 0 bridgehead atoms. The highest BCUT2D eigenvalue weighted by Gasteiger charge is 2.24. The van der Waals surface area contributed by atoms with E-state index in [-0.39, 0.29) is 5.82 Å². The number of hydrogen-bond donors (Lipinski definition) is 1. The van der Waals surface area contributed by atoms with E-state index in [4.69, 9.17) is 10.5 Å². The van der Waals surface area contributed by atoms with E-state index in [2.05, 4.69) is 11.8 Å². The zero-order valence-electron chi connectivity index (χ0n) is 11.5. The zero-order valence-corrected chi connectivity index (χ0v) is 11.5. The number of likely N-dealkylation sites (tertiary alicyclic amines) is 1. The molecule has 1 aromatic carbocycles. The minimum atomic E-state index is -0.301. The Morgan fingerprint density at radius 1 is 1.42 bits per heavy atom. The van der Waals surface area contributed by atoms with Gasteiger partial charge in [0.15, 0.2) is 11.6 Å². The molecule has 1 aromatic rings. The molecule has 0 spiro atoms. The second kappa shape index (κ2) is 6.87. The molecule has 0 saturated carbocycles. The quantitative estimate of drug-likeness (QED) is 0.888. The average Bonchev–Trinajstić information content (AvgIpc) is 2.42. The van der Waals surface area contributed by atoms with Crippen molar-refractivity contribution in [3.05, 3.63) is 30.1 Å². The molecule has 0 amide bonds. The van der Waals surface area contributed by atoms with Crippen LogP contribution in [0.25, 0.3) is 0 Å². The number of piperidine rings is 1. The summed E-state index contributed by atoms with van der Waals surface area (Å²) in [5.74, 6) is 0.777. The first-order chi connectivity index (χ1) is 9.20. The van der Waals surface area contributed by atoms with E-state index in [0.29, 0.717) is 24.9 Å². The summed E-state index contributed by atoms with van der Waals surface area (Å²) in [6.45, 7) is 5.33. The molecule has 106 valence electrons. The standard InChI is InChI=1S/C15H23FN2O/c1-12-6-7-18(13(10-12)11-17)8-9-19-15-5-3-2-4-14(15)16/h2-5,12-13H,6-11,17H2,1H3. The molecule has 19 heavy (non-hydrogen) atoms. The summed E-state index contributed by atoms with van der Waals surface area (Å²) in [7, 11) is 0. The Balaban J connectivity index is 1.80. The molecule has 2 rings (SSSR count). The molecule has 0 radical (unpaired) electrons. The first-order valence-electron chi connectivity index (χ1n) is 7.02. The Morgan fingerprint density at radius 2 is 2.21 bits per heavy atom. The lowest BCUT2D eigenvalue weighted by molar-refractivity contribution is 0.102. The maximum Gasteiger partial charge on any atom is 0.165 e. The highest BCUT2D eigenvalue weighted by molar-refractivity contribution is 5.23. The Morgan fingerprint density at radius 3 is 2.95 bits per heavy atom. The van der Waals surface area contributed by atoms with Gasteiger partial charge in [0.05, 0.1) is 0 Å². The Kier molecular flexibility index (Phi) is 5.16. The molecule has 1 aliphatic rings. The highest BCUT2D eigenvalue weighted by Crippen LogP contribution is 2.22. The van der Waals surface area contributed by atoms with Gasteiger partial charge in [-0.3, -0.25) is 4.90 Å². The van der Waals surface area contributed by atoms with Gasteiger partial charge in [0.1, 0.15) is 6.61 Å². The SMILES string of the molecule is CC1CCN(CCOc2ccccc2F)C(CN)C1. The van der Waals surface area contributed by atoms with Crippen molar-refractivity contribution in [3.63, 3.8) is 0 Å². The summed E-state index contributed by atoms with van der Waals surface area (Å²) < 4.78 is 18.9. The van der Waals surface area contributed by atoms with Gasteiger partial charge in [0, 0.05) is 19.1 Å². The molecule has 1 fully saturated rings. The molecule has 3 nitrogen and oxygen atoms in total. The summed E-state index contributed by atoms with van der Waals surface area (Å²) in [6, 6.07) is 6.96. The monoisotopic (exact) mass is 266 g/mol. The normalized spacial score (nSPS) is 24.4. The fourth-order valence-corrected chi connectivity index (χ4v) is 2.67. The van der Waals surface area contributed by atoms with Crippen LogP contribution in [0.5, 0.6) is 5.75 Å². The van der Waals surface area contributed by atoms with E-state index >= 15 is 0 Å². The lowest BCUT2D eigenvalue weighted by Gasteiger charge is -2.37. The van der Waals surface area contributed by atoms with Crippen LogP contribution in [0.4, 0.5) is 4.39 Å². The predicted octanol–water partition coefficient (Wildman–Crippen LogP) is 2.26. The van der Waals surface area contributed by atoms with E-state index in [1.807, 2.05) is 0 Å². The molecule has 0 aliphatic carbocycles. The van der Waals surface area contributed by atoms with Crippen LogP contribution in [-0.2, 0) is 0 Å². The minimum Gasteiger partial charge on any atom is -0.489 e. The fourth-order valence-electron chi connectivity index (χ4n) is 2.67. The van der Waals surface area contributed by atoms with Crippen LogP contribution in [0, 0.1) is 11.7 Å². The van der Waals surface area contributed by atoms with Crippen LogP contribution in [-0.4, -0.2) is 37.2 Å². The third kappa shape index (κ3) is 3.91. The molecular formula is C15H23FN2O. The van der Waals surface area contributed by atoms with Crippen molar-refractivity contribution < 1.29 is 9.13 Å². The largest absolute Gasteiger partial charge is 0.489 e. The summed E-state index contributed by atoms with van der Waals surface area (Å²) in [4.78, 5) is 2.36. The predicted molar refractivity (Wildman–Crippen MR) is 74.7 cm³/mol. The molecule has 2 atom stereocenters. The van der Waals surface area contributed by atoms with Gasteiger partial charge in [-0.25, -0.2) is 4.39 Å². The molecule has 4 heteroatoms. The number of benzene rings is 1. The average molecular weight is 266 g/mol. The molecule has 2 N–H and O–H groups in total. The van der Waals surface area contributed by atoms with Crippen molar-refractivity contribution in [2.45, 2.75) is 25.8 Å². The molecular weight excluding hydrogens is 243 g/mol. The van der Waals surface area contributed by atoms with Crippen LogP contribution in [0.15, 0.2) is 24.3 Å². The van der Waals surface area contributed by atoms with Gasteiger partial charge >= 0.3 is 0 Å². The van der Waals surface area contributed by atoms with Gasteiger partial charge < -0.3 is 10.5 Å². The van der Waals surface area contributed by atoms with E-state index in [1.54, 1.807) is 18.2 Å². The summed E-state index contributed by atoms with van der Waals surface area (Å²) in [6.07, 6.45) is 2.35. The van der Waals surface area contributed by atoms with Gasteiger partial charge in [-0.2, -0.15) is 0 Å². The lowest BCUT2D eigenvalue weighted by Crippen LogP contribution is -2.47. The smallest absolute Gasteiger partial charge is 0.165 e. The zero-order chi connectivity index (χ0) is 13.7. The Bertz CT molecular complexity index is 399. The minimum absolute atomic E-state index is 0.301. The number of nitrogens with zero attached hydrogens (tertiary/aromatic N) is 1.